The highest BCUT2D eigenvalue weighted by molar-refractivity contribution is 6.22. The lowest BCUT2D eigenvalue weighted by molar-refractivity contribution is 0.672. The minimum absolute atomic E-state index is 0.374. The van der Waals surface area contributed by atoms with E-state index in [1.54, 1.807) is 5.57 Å². The van der Waals surface area contributed by atoms with Crippen LogP contribution >= 0.6 is 0 Å². The molecule has 1 saturated carbocycles. The van der Waals surface area contributed by atoms with Gasteiger partial charge in [0.25, 0.3) is 0 Å². The van der Waals surface area contributed by atoms with Gasteiger partial charge in [-0.15, -0.1) is 0 Å². The molecule has 0 spiro atoms. The lowest BCUT2D eigenvalue weighted by Gasteiger charge is -2.37. The van der Waals surface area contributed by atoms with Gasteiger partial charge in [-0.2, -0.15) is 0 Å². The minimum Gasteiger partial charge on any atom is -0.309 e. The Bertz CT molecular complexity index is 3800. The summed E-state index contributed by atoms with van der Waals surface area (Å²) in [4.78, 5) is 0. The first-order valence-electron chi connectivity index (χ1n) is 23.6. The third kappa shape index (κ3) is 5.41. The largest absolute Gasteiger partial charge is 0.309 e. The van der Waals surface area contributed by atoms with Crippen molar-refractivity contribution in [3.05, 3.63) is 264 Å². The number of allylic oxidation sites excluding steroid dienone is 10. The van der Waals surface area contributed by atoms with E-state index >= 15 is 0 Å². The summed E-state index contributed by atoms with van der Waals surface area (Å²) < 4.78 is 2.52. The van der Waals surface area contributed by atoms with Crippen molar-refractivity contribution in [2.24, 2.45) is 11.8 Å². The van der Waals surface area contributed by atoms with Crippen molar-refractivity contribution in [1.82, 2.24) is 4.57 Å². The Hall–Kier alpha value is -8.00. The van der Waals surface area contributed by atoms with Crippen molar-refractivity contribution < 1.29 is 0 Å². The molecule has 0 radical (unpaired) electrons. The number of hydrogen-bond acceptors (Lipinski definition) is 0. The van der Waals surface area contributed by atoms with Crippen molar-refractivity contribution in [2.75, 3.05) is 0 Å². The van der Waals surface area contributed by atoms with Gasteiger partial charge in [-0.05, 0) is 149 Å². The summed E-state index contributed by atoms with van der Waals surface area (Å²) in [6.07, 6.45) is 18.7. The Morgan fingerprint density at radius 1 is 0.470 bits per heavy atom. The summed E-state index contributed by atoms with van der Waals surface area (Å²) in [5.74, 6) is 1.18. The van der Waals surface area contributed by atoms with Crippen molar-refractivity contribution in [3.63, 3.8) is 0 Å². The Morgan fingerprint density at radius 2 is 1.09 bits per heavy atom. The first kappa shape index (κ1) is 37.4. The lowest BCUT2D eigenvalue weighted by Crippen LogP contribution is -2.32. The fourth-order valence-corrected chi connectivity index (χ4v) is 12.3. The van der Waals surface area contributed by atoms with Crippen molar-refractivity contribution in [1.29, 1.82) is 0 Å². The zero-order valence-corrected chi connectivity index (χ0v) is 36.5. The zero-order valence-electron chi connectivity index (χ0n) is 36.5. The highest BCUT2D eigenvalue weighted by atomic mass is 15.0. The first-order valence-corrected chi connectivity index (χ1v) is 23.6. The molecule has 1 heterocycles. The molecule has 14 rings (SSSR count). The number of benzene rings is 9. The SMILES string of the molecule is C1=CCC=C(C2(c3ccccc3)C3=C(C=CC4CC34)c3ccc(-n4c5ccccc5c5cc(-c6ccc7c(-c8ccccc8)c8ccccc8c(-c8ccccc8)c7c6)ccc54)cc32)C=C1. The third-order valence-corrected chi connectivity index (χ3v) is 15.2. The summed E-state index contributed by atoms with van der Waals surface area (Å²) in [5, 5.41) is 7.58. The van der Waals surface area contributed by atoms with E-state index in [0.717, 1.165) is 6.42 Å². The molecular formula is C65H45N. The number of para-hydroxylation sites is 1. The van der Waals surface area contributed by atoms with Gasteiger partial charge in [0.15, 0.2) is 0 Å². The fourth-order valence-electron chi connectivity index (χ4n) is 12.3. The second-order valence-electron chi connectivity index (χ2n) is 18.6. The molecule has 1 nitrogen and oxygen atoms in total. The molecule has 10 aromatic rings. The van der Waals surface area contributed by atoms with Crippen LogP contribution in [0.3, 0.4) is 0 Å². The van der Waals surface area contributed by atoms with Crippen LogP contribution in [0.25, 0.3) is 88.0 Å². The van der Waals surface area contributed by atoms with Gasteiger partial charge in [0.1, 0.15) is 0 Å². The van der Waals surface area contributed by atoms with E-state index in [-0.39, 0.29) is 5.41 Å². The van der Waals surface area contributed by atoms with Crippen LogP contribution in [0.15, 0.2) is 248 Å². The number of aromatic nitrogens is 1. The number of nitrogens with zero attached hydrogens (tertiary/aromatic N) is 1. The summed E-state index contributed by atoms with van der Waals surface area (Å²) in [5.41, 5.74) is 19.2. The maximum absolute atomic E-state index is 2.54. The summed E-state index contributed by atoms with van der Waals surface area (Å²) in [6, 6.07) is 72.8. The van der Waals surface area contributed by atoms with E-state index in [4.69, 9.17) is 0 Å². The van der Waals surface area contributed by atoms with E-state index < -0.39 is 0 Å². The standard InChI is InChI=1S/C65H45N/c1-2-11-23-47(22-10-1)65(48-24-12-5-13-25-48)59-41-49(33-36-50(59)55-35-31-46-40-56(46)64(55)65)66-60-29-17-16-26-51(60)57-38-45(32-37-61(57)66)44-30-34-54-58(39-44)63(43-20-8-4-9-21-43)53-28-15-14-27-52(53)62(54)42-18-6-3-7-19-42/h1-10,12-39,41,46,56H,11,40H2. The Labute approximate surface area is 385 Å². The van der Waals surface area contributed by atoms with Gasteiger partial charge in [0.2, 0.25) is 0 Å². The molecule has 0 bridgehead atoms. The van der Waals surface area contributed by atoms with Gasteiger partial charge in [0.05, 0.1) is 16.4 Å². The van der Waals surface area contributed by atoms with Crippen LogP contribution in [0.4, 0.5) is 0 Å². The zero-order chi connectivity index (χ0) is 43.3. The predicted octanol–water partition coefficient (Wildman–Crippen LogP) is 16.8. The van der Waals surface area contributed by atoms with Crippen molar-refractivity contribution in [3.8, 4) is 39.1 Å². The van der Waals surface area contributed by atoms with E-state index in [9.17, 15) is 0 Å². The van der Waals surface area contributed by atoms with Crippen LogP contribution in [0.1, 0.15) is 29.5 Å². The molecule has 3 atom stereocenters. The van der Waals surface area contributed by atoms with E-state index in [1.807, 2.05) is 0 Å². The van der Waals surface area contributed by atoms with Crippen LogP contribution < -0.4 is 0 Å². The van der Waals surface area contributed by atoms with Gasteiger partial charge >= 0.3 is 0 Å². The number of fused-ring (bicyclic) bond motifs is 9. The Kier molecular flexibility index (Phi) is 8.22. The first-order chi connectivity index (χ1) is 32.8. The lowest BCUT2D eigenvalue weighted by atomic mass is 9.64. The molecule has 3 unspecified atom stereocenters. The summed E-state index contributed by atoms with van der Waals surface area (Å²) >= 11 is 0. The molecule has 66 heavy (non-hydrogen) atoms. The number of hydrogen-bond donors (Lipinski definition) is 0. The maximum Gasteiger partial charge on any atom is 0.0677 e. The average Bonchev–Trinajstić information content (AvgIpc) is 4.11. The molecule has 1 fully saturated rings. The molecular weight excluding hydrogens is 795 g/mol. The van der Waals surface area contributed by atoms with E-state index in [0.29, 0.717) is 11.8 Å². The second-order valence-corrected chi connectivity index (χ2v) is 18.6. The molecule has 1 heteroatoms. The molecule has 0 saturated heterocycles. The normalized spacial score (nSPS) is 19.3. The maximum atomic E-state index is 2.54. The molecule has 1 aromatic heterocycles. The van der Waals surface area contributed by atoms with Gasteiger partial charge in [-0.3, -0.25) is 0 Å². The molecule has 0 aliphatic heterocycles. The highest BCUT2D eigenvalue weighted by Gasteiger charge is 2.56. The van der Waals surface area contributed by atoms with Crippen LogP contribution in [0, 0.1) is 11.8 Å². The molecule has 4 aliphatic rings. The number of rotatable bonds is 6. The molecule has 9 aromatic carbocycles. The predicted molar refractivity (Wildman–Crippen MR) is 278 cm³/mol. The summed E-state index contributed by atoms with van der Waals surface area (Å²) in [6.45, 7) is 0. The van der Waals surface area contributed by atoms with Crippen molar-refractivity contribution in [2.45, 2.75) is 18.3 Å². The van der Waals surface area contributed by atoms with E-state index in [2.05, 4.69) is 241 Å². The van der Waals surface area contributed by atoms with Crippen LogP contribution in [-0.4, -0.2) is 4.57 Å². The fraction of sp³-hybridized carbons (Fsp3) is 0.0769. The van der Waals surface area contributed by atoms with Crippen LogP contribution in [0.2, 0.25) is 0 Å². The monoisotopic (exact) mass is 839 g/mol. The third-order valence-electron chi connectivity index (χ3n) is 15.2. The highest BCUT2D eigenvalue weighted by Crippen LogP contribution is 2.66. The topological polar surface area (TPSA) is 4.93 Å². The van der Waals surface area contributed by atoms with Crippen LogP contribution in [-0.2, 0) is 5.41 Å². The van der Waals surface area contributed by atoms with Crippen LogP contribution in [0.5, 0.6) is 0 Å². The molecule has 4 aliphatic carbocycles. The molecule has 0 amide bonds. The Balaban J connectivity index is 0.978. The minimum atomic E-state index is -0.374. The van der Waals surface area contributed by atoms with Crippen molar-refractivity contribution >= 4 is 48.9 Å². The quantitative estimate of drug-likeness (QED) is 0.147. The van der Waals surface area contributed by atoms with Gasteiger partial charge < -0.3 is 4.57 Å². The van der Waals surface area contributed by atoms with Gasteiger partial charge in [-0.25, -0.2) is 0 Å². The van der Waals surface area contributed by atoms with E-state index in [1.165, 1.54) is 117 Å². The molecule has 310 valence electrons. The smallest absolute Gasteiger partial charge is 0.0677 e. The molecule has 0 N–H and O–H groups in total. The summed E-state index contributed by atoms with van der Waals surface area (Å²) in [7, 11) is 0. The van der Waals surface area contributed by atoms with Gasteiger partial charge in [0, 0.05) is 16.5 Å². The van der Waals surface area contributed by atoms with Gasteiger partial charge in [-0.1, -0.05) is 200 Å². The average molecular weight is 840 g/mol. The second kappa shape index (κ2) is 14.5. The Morgan fingerprint density at radius 3 is 1.85 bits per heavy atom.